The van der Waals surface area contributed by atoms with E-state index in [0.29, 0.717) is 83.2 Å². The fraction of sp³-hybridized carbons (Fsp3) is 0.643. The van der Waals surface area contributed by atoms with Crippen molar-refractivity contribution in [3.63, 3.8) is 0 Å². The number of ether oxygens (including phenoxy) is 4. The van der Waals surface area contributed by atoms with Crippen molar-refractivity contribution >= 4 is 39.6 Å². The van der Waals surface area contributed by atoms with Crippen molar-refractivity contribution in [1.82, 2.24) is 35.3 Å². The molecule has 75 heavy (non-hydrogen) atoms. The third-order valence-electron chi connectivity index (χ3n) is 16.4. The summed E-state index contributed by atoms with van der Waals surface area (Å²) in [4.78, 5) is 67.3. The molecule has 2 aromatic heterocycles. The molecule has 4 amide bonds. The van der Waals surface area contributed by atoms with Crippen LogP contribution in [0.5, 0.6) is 0 Å². The lowest BCUT2D eigenvalue weighted by atomic mass is 9.73. The van der Waals surface area contributed by atoms with Gasteiger partial charge in [0, 0.05) is 99.9 Å². The van der Waals surface area contributed by atoms with E-state index in [-0.39, 0.29) is 85.9 Å². The summed E-state index contributed by atoms with van der Waals surface area (Å²) >= 11 is 3.64. The Morgan fingerprint density at radius 1 is 0.893 bits per heavy atom. The Morgan fingerprint density at radius 2 is 1.64 bits per heavy atom. The van der Waals surface area contributed by atoms with Crippen LogP contribution < -0.4 is 10.6 Å². The van der Waals surface area contributed by atoms with Gasteiger partial charge in [-0.15, -0.1) is 0 Å². The van der Waals surface area contributed by atoms with E-state index in [0.717, 1.165) is 80.2 Å². The molecule has 0 bridgehead atoms. The Balaban J connectivity index is 0.691. The molecule has 410 valence electrons. The maximum atomic E-state index is 14.6. The van der Waals surface area contributed by atoms with Crippen LogP contribution >= 0.6 is 15.9 Å². The van der Waals surface area contributed by atoms with E-state index in [1.54, 1.807) is 29.2 Å². The van der Waals surface area contributed by atoms with Crippen LogP contribution in [-0.2, 0) is 63.7 Å². The number of nitrogens with one attached hydrogen (secondary N) is 2. The van der Waals surface area contributed by atoms with Crippen LogP contribution in [0.4, 0.5) is 13.2 Å². The molecule has 4 heterocycles. The topological polar surface area (TPSA) is 165 Å². The number of alkyl halides is 3. The minimum atomic E-state index is -4.50. The van der Waals surface area contributed by atoms with Gasteiger partial charge in [0.05, 0.1) is 74.8 Å². The Labute approximate surface area is 447 Å². The molecule has 8 rings (SSSR count). The van der Waals surface area contributed by atoms with Crippen LogP contribution in [0.1, 0.15) is 130 Å². The van der Waals surface area contributed by atoms with Crippen molar-refractivity contribution in [3.8, 4) is 0 Å². The van der Waals surface area contributed by atoms with Gasteiger partial charge in [0.15, 0.2) is 0 Å². The predicted octanol–water partition coefficient (Wildman–Crippen LogP) is 7.94. The molecule has 2 aliphatic heterocycles. The molecule has 15 nitrogen and oxygen atoms in total. The summed E-state index contributed by atoms with van der Waals surface area (Å²) in [6.07, 6.45) is 9.25. The number of hydrogen-bond donors (Lipinski definition) is 2. The van der Waals surface area contributed by atoms with Crippen molar-refractivity contribution in [2.45, 2.75) is 140 Å². The highest BCUT2D eigenvalue weighted by atomic mass is 79.9. The van der Waals surface area contributed by atoms with Gasteiger partial charge in [-0.2, -0.15) is 13.2 Å². The van der Waals surface area contributed by atoms with Crippen molar-refractivity contribution in [3.05, 3.63) is 93.0 Å². The zero-order valence-electron chi connectivity index (χ0n) is 43.7. The molecular weight excluding hydrogens is 1040 g/mol. The fourth-order valence-corrected chi connectivity index (χ4v) is 12.6. The van der Waals surface area contributed by atoms with Crippen LogP contribution in [0.15, 0.2) is 59.5 Å². The summed E-state index contributed by atoms with van der Waals surface area (Å²) in [7, 11) is 1.73. The van der Waals surface area contributed by atoms with Gasteiger partial charge in [0.25, 0.3) is 0 Å². The summed E-state index contributed by atoms with van der Waals surface area (Å²) in [5.74, 6) is -0.699. The van der Waals surface area contributed by atoms with Crippen LogP contribution in [0.3, 0.4) is 0 Å². The Kier molecular flexibility index (Phi) is 19.8. The molecule has 2 N–H and O–H groups in total. The number of likely N-dealkylation sites (tertiary alicyclic amines) is 1. The van der Waals surface area contributed by atoms with E-state index in [1.807, 2.05) is 12.1 Å². The highest BCUT2D eigenvalue weighted by molar-refractivity contribution is 9.10. The van der Waals surface area contributed by atoms with E-state index in [1.165, 1.54) is 11.1 Å². The molecule has 3 aliphatic carbocycles. The number of carbonyl (C=O) groups excluding carboxylic acids is 4. The second-order valence-corrected chi connectivity index (χ2v) is 22.2. The average molecular weight is 1110 g/mol. The first-order valence-electron chi connectivity index (χ1n) is 27.1. The van der Waals surface area contributed by atoms with Gasteiger partial charge in [0.2, 0.25) is 23.6 Å². The van der Waals surface area contributed by atoms with Gasteiger partial charge in [0.1, 0.15) is 0 Å². The van der Waals surface area contributed by atoms with Gasteiger partial charge < -0.3 is 39.4 Å². The Bertz CT molecular complexity index is 2410. The standard InChI is InChI=1S/C56H75BrF3N7O8/c1-37(2)55(54(71)66-23-16-48-40(36-66)30-41(35-64-48)56(58,59)60)18-15-43(33-55)67(49-14-7-38-31-42(57)8-13-46(38)49)22-5-20-62-50(68)17-24-72-26-27-73-28-29-75-45-11-9-44(10-12-45)74-25-21-63-53(70)47-32-51(69)65(3)52(47)39-6-4-19-61-34-39/h4,6,8,13,19,30-31,34-35,37,43-45,47,49,52H,5,7,9-12,14-18,20-29,32-33,36H2,1-3H3,(H,62,68)(H,63,70)/t43-,44?,45?,47+,49-,52-,55+/m1/s1. The third-order valence-corrected chi connectivity index (χ3v) is 16.9. The monoisotopic (exact) mass is 1110 g/mol. The lowest BCUT2D eigenvalue weighted by Gasteiger charge is -2.41. The number of pyridine rings is 2. The third kappa shape index (κ3) is 14.3. The van der Waals surface area contributed by atoms with E-state index >= 15 is 0 Å². The van der Waals surface area contributed by atoms with Crippen LogP contribution in [0.25, 0.3) is 0 Å². The molecule has 5 atom stereocenters. The number of aryl methyl sites for hydroxylation is 1. The van der Waals surface area contributed by atoms with E-state index in [2.05, 4.69) is 73.5 Å². The van der Waals surface area contributed by atoms with Gasteiger partial charge in [-0.05, 0) is 117 Å². The van der Waals surface area contributed by atoms with E-state index < -0.39 is 23.1 Å². The number of carbonyl (C=O) groups is 4. The number of aromatic nitrogens is 2. The normalized spacial score (nSPS) is 24.7. The molecule has 0 spiro atoms. The van der Waals surface area contributed by atoms with Crippen molar-refractivity contribution in [2.75, 3.05) is 72.9 Å². The summed E-state index contributed by atoms with van der Waals surface area (Å²) in [6, 6.07) is 11.3. The zero-order valence-corrected chi connectivity index (χ0v) is 45.3. The van der Waals surface area contributed by atoms with Gasteiger partial charge in [-0.1, -0.05) is 41.9 Å². The Morgan fingerprint density at radius 3 is 2.37 bits per heavy atom. The van der Waals surface area contributed by atoms with Crippen LogP contribution in [0.2, 0.25) is 0 Å². The lowest BCUT2D eigenvalue weighted by molar-refractivity contribution is -0.146. The first kappa shape index (κ1) is 56.7. The number of amides is 4. The molecule has 2 saturated carbocycles. The maximum absolute atomic E-state index is 14.6. The maximum Gasteiger partial charge on any atom is 0.417 e. The number of halogens is 4. The van der Waals surface area contributed by atoms with Gasteiger partial charge >= 0.3 is 6.18 Å². The molecule has 0 unspecified atom stereocenters. The molecular formula is C56H75BrF3N7O8. The zero-order chi connectivity index (χ0) is 53.1. The molecule has 5 aliphatic rings. The van der Waals surface area contributed by atoms with Gasteiger partial charge in [-0.25, -0.2) is 0 Å². The number of rotatable bonds is 24. The number of benzene rings is 1. The van der Waals surface area contributed by atoms with E-state index in [4.69, 9.17) is 18.9 Å². The minimum absolute atomic E-state index is 0.0230. The Hall–Kier alpha value is -4.53. The molecule has 1 saturated heterocycles. The van der Waals surface area contributed by atoms with E-state index in [9.17, 15) is 32.3 Å². The quantitative estimate of drug-likeness (QED) is 0.0838. The molecule has 3 aromatic rings. The minimum Gasteiger partial charge on any atom is -0.379 e. The van der Waals surface area contributed by atoms with Crippen molar-refractivity contribution in [2.24, 2.45) is 17.3 Å². The summed E-state index contributed by atoms with van der Waals surface area (Å²) in [5.41, 5.74) is 3.13. The predicted molar refractivity (Wildman–Crippen MR) is 278 cm³/mol. The lowest BCUT2D eigenvalue weighted by Crippen LogP contribution is -2.48. The van der Waals surface area contributed by atoms with Crippen molar-refractivity contribution < 1.29 is 51.3 Å². The number of hydrogen-bond acceptors (Lipinski definition) is 11. The van der Waals surface area contributed by atoms with Crippen LogP contribution in [-0.4, -0.2) is 139 Å². The highest BCUT2D eigenvalue weighted by Gasteiger charge is 2.52. The summed E-state index contributed by atoms with van der Waals surface area (Å²) in [5, 5.41) is 6.05. The summed E-state index contributed by atoms with van der Waals surface area (Å²) in [6.45, 7) is 8.76. The first-order chi connectivity index (χ1) is 36.1. The van der Waals surface area contributed by atoms with Crippen LogP contribution in [0, 0.1) is 17.3 Å². The highest BCUT2D eigenvalue weighted by Crippen LogP contribution is 2.51. The van der Waals surface area contributed by atoms with Gasteiger partial charge in [-0.3, -0.25) is 34.0 Å². The number of fused-ring (bicyclic) bond motifs is 2. The number of nitrogens with zero attached hydrogens (tertiary/aromatic N) is 5. The molecule has 19 heteroatoms. The average Bonchev–Trinajstić information content (AvgIpc) is 4.13. The second-order valence-electron chi connectivity index (χ2n) is 21.3. The molecule has 3 fully saturated rings. The smallest absolute Gasteiger partial charge is 0.379 e. The largest absolute Gasteiger partial charge is 0.417 e. The molecule has 1 aromatic carbocycles. The second kappa shape index (κ2) is 26.2. The van der Waals surface area contributed by atoms with Crippen molar-refractivity contribution in [1.29, 1.82) is 0 Å². The first-order valence-corrected chi connectivity index (χ1v) is 27.9. The SMILES string of the molecule is CC(C)[C@]1(C(=O)N2CCc3ncc(C(F)(F)F)cc3C2)CC[C@@H](N(CCCNC(=O)CCOCCOCCOC2CCC(OCCNC(=O)[C@H]3CC(=O)N(C)[C@@H]3c3cccnc3)CC2)[C@@H]2CCc3cc(Br)ccc32)C1. The molecule has 0 radical (unpaired) electrons. The fourth-order valence-electron chi connectivity index (χ4n) is 12.2. The summed E-state index contributed by atoms with van der Waals surface area (Å²) < 4.78 is 65.5.